The molecule has 6 N–H and O–H groups in total. The molecule has 0 spiro atoms. The zero-order valence-electron chi connectivity index (χ0n) is 14.8. The molecule has 0 unspecified atom stereocenters. The van der Waals surface area contributed by atoms with Gasteiger partial charge in [-0.05, 0) is 48.6 Å². The Kier molecular flexibility index (Phi) is 7.89. The van der Waals surface area contributed by atoms with E-state index in [1.807, 2.05) is 23.8 Å². The van der Waals surface area contributed by atoms with Crippen molar-refractivity contribution in [2.24, 2.45) is 5.84 Å². The number of hydrogen-bond acceptors (Lipinski definition) is 6. The first kappa shape index (κ1) is 20.2. The van der Waals surface area contributed by atoms with E-state index in [4.69, 9.17) is 5.84 Å². The van der Waals surface area contributed by atoms with Gasteiger partial charge in [0.15, 0.2) is 0 Å². The molecular weight excluding hydrogens is 354 g/mol. The molecule has 2 rings (SSSR count). The van der Waals surface area contributed by atoms with Crippen molar-refractivity contribution in [3.8, 4) is 0 Å². The highest BCUT2D eigenvalue weighted by Gasteiger charge is 2.24. The molecule has 1 aromatic rings. The molecule has 0 aliphatic carbocycles. The molecule has 0 radical (unpaired) electrons. The van der Waals surface area contributed by atoms with Gasteiger partial charge in [0.1, 0.15) is 6.04 Å². The van der Waals surface area contributed by atoms with Gasteiger partial charge in [-0.15, -0.1) is 0 Å². The van der Waals surface area contributed by atoms with Crippen LogP contribution in [-0.2, 0) is 22.6 Å². The Bertz CT molecular complexity index is 668. The van der Waals surface area contributed by atoms with Crippen molar-refractivity contribution < 1.29 is 14.4 Å². The molecule has 0 saturated carbocycles. The van der Waals surface area contributed by atoms with Crippen LogP contribution < -0.4 is 27.2 Å². The maximum atomic E-state index is 12.8. The van der Waals surface area contributed by atoms with Crippen LogP contribution in [-0.4, -0.2) is 48.9 Å². The Balaban J connectivity index is 2.08. The molecule has 0 bridgehead atoms. The average molecular weight is 379 g/mol. The monoisotopic (exact) mass is 379 g/mol. The highest BCUT2D eigenvalue weighted by Crippen LogP contribution is 2.19. The first-order valence-electron chi connectivity index (χ1n) is 8.45. The van der Waals surface area contributed by atoms with Gasteiger partial charge in [-0.25, -0.2) is 5.84 Å². The Morgan fingerprint density at radius 3 is 2.88 bits per heavy atom. The third-order valence-corrected chi connectivity index (χ3v) is 4.85. The molecule has 8 nitrogen and oxygen atoms in total. The molecule has 1 aliphatic rings. The van der Waals surface area contributed by atoms with Crippen molar-refractivity contribution in [2.45, 2.75) is 25.4 Å². The smallest absolute Gasteiger partial charge is 0.253 e. The van der Waals surface area contributed by atoms with Crippen LogP contribution >= 0.6 is 11.8 Å². The Hall–Kier alpha value is -2.10. The van der Waals surface area contributed by atoms with Crippen molar-refractivity contribution in [1.82, 2.24) is 21.4 Å². The number of carbonyl (C=O) groups excluding carboxylic acids is 3. The van der Waals surface area contributed by atoms with E-state index >= 15 is 0 Å². The van der Waals surface area contributed by atoms with Gasteiger partial charge in [0.05, 0.1) is 6.54 Å². The summed E-state index contributed by atoms with van der Waals surface area (Å²) in [5.41, 5.74) is 4.68. The summed E-state index contributed by atoms with van der Waals surface area (Å²) in [6.07, 6.45) is 3.18. The second-order valence-corrected chi connectivity index (χ2v) is 6.95. The van der Waals surface area contributed by atoms with Crippen LogP contribution in [0.25, 0.3) is 0 Å². The summed E-state index contributed by atoms with van der Waals surface area (Å²) in [5, 5.41) is 8.59. The van der Waals surface area contributed by atoms with E-state index in [2.05, 4.69) is 16.0 Å². The van der Waals surface area contributed by atoms with Gasteiger partial charge < -0.3 is 16.0 Å². The molecule has 142 valence electrons. The predicted octanol–water partition coefficient (Wildman–Crippen LogP) is -0.710. The van der Waals surface area contributed by atoms with E-state index in [9.17, 15) is 14.4 Å². The van der Waals surface area contributed by atoms with Crippen LogP contribution in [0.5, 0.6) is 0 Å². The summed E-state index contributed by atoms with van der Waals surface area (Å²) in [6.45, 7) is 1.33. The number of hydrazine groups is 1. The number of nitrogens with two attached hydrogens (primary N) is 1. The van der Waals surface area contributed by atoms with Crippen molar-refractivity contribution in [1.29, 1.82) is 0 Å². The normalized spacial score (nSPS) is 14.1. The zero-order chi connectivity index (χ0) is 18.9. The van der Waals surface area contributed by atoms with Crippen molar-refractivity contribution in [3.63, 3.8) is 0 Å². The minimum atomic E-state index is -0.710. The Morgan fingerprint density at radius 1 is 1.35 bits per heavy atom. The highest BCUT2D eigenvalue weighted by molar-refractivity contribution is 7.98. The standard InChI is InChI=1S/C17H25N5O3S/c1-26-8-6-14(17(25)20-10-15(23)22-18)21-16(24)13-4-2-3-11-9-19-7-5-12(11)13/h2-4,14,19H,5-10,18H2,1H3,(H,20,25)(H,21,24)(H,22,23)/t14-/m0/s1. The molecule has 1 atom stereocenters. The average Bonchev–Trinajstić information content (AvgIpc) is 2.68. The number of thioether (sulfide) groups is 1. The number of benzene rings is 1. The van der Waals surface area contributed by atoms with Gasteiger partial charge in [-0.1, -0.05) is 12.1 Å². The molecule has 3 amide bonds. The van der Waals surface area contributed by atoms with E-state index < -0.39 is 17.9 Å². The van der Waals surface area contributed by atoms with Crippen LogP contribution in [0.3, 0.4) is 0 Å². The molecule has 26 heavy (non-hydrogen) atoms. The number of amides is 3. The Labute approximate surface area is 157 Å². The fourth-order valence-electron chi connectivity index (χ4n) is 2.83. The van der Waals surface area contributed by atoms with E-state index in [0.29, 0.717) is 17.7 Å². The summed E-state index contributed by atoms with van der Waals surface area (Å²) in [5.74, 6) is 4.54. The number of carbonyl (C=O) groups is 3. The van der Waals surface area contributed by atoms with E-state index in [1.54, 1.807) is 17.8 Å². The van der Waals surface area contributed by atoms with Gasteiger partial charge in [-0.2, -0.15) is 11.8 Å². The molecule has 1 aliphatic heterocycles. The lowest BCUT2D eigenvalue weighted by molar-refractivity contribution is -0.127. The van der Waals surface area contributed by atoms with Crippen LogP contribution in [0.2, 0.25) is 0 Å². The van der Waals surface area contributed by atoms with E-state index in [0.717, 1.165) is 30.6 Å². The molecule has 1 heterocycles. The number of fused-ring (bicyclic) bond motifs is 1. The van der Waals surface area contributed by atoms with Crippen LogP contribution in [0, 0.1) is 0 Å². The second kappa shape index (κ2) is 10.1. The quantitative estimate of drug-likeness (QED) is 0.231. The van der Waals surface area contributed by atoms with Gasteiger partial charge in [0.25, 0.3) is 11.8 Å². The van der Waals surface area contributed by atoms with Crippen LogP contribution in [0.15, 0.2) is 18.2 Å². The third-order valence-electron chi connectivity index (χ3n) is 4.20. The van der Waals surface area contributed by atoms with Gasteiger partial charge >= 0.3 is 0 Å². The summed E-state index contributed by atoms with van der Waals surface area (Å²) in [6, 6.07) is 4.92. The Morgan fingerprint density at radius 2 is 2.15 bits per heavy atom. The van der Waals surface area contributed by atoms with Crippen molar-refractivity contribution in [2.75, 3.05) is 25.1 Å². The topological polar surface area (TPSA) is 125 Å². The summed E-state index contributed by atoms with van der Waals surface area (Å²) in [4.78, 5) is 36.3. The largest absolute Gasteiger partial charge is 0.345 e. The molecular formula is C17H25N5O3S. The zero-order valence-corrected chi connectivity index (χ0v) is 15.6. The maximum Gasteiger partial charge on any atom is 0.253 e. The summed E-state index contributed by atoms with van der Waals surface area (Å²) in [7, 11) is 0. The SMILES string of the molecule is CSCC[C@H](NC(=O)c1cccc2c1CCNC2)C(=O)NCC(=O)NN. The molecule has 0 aromatic heterocycles. The molecule has 9 heteroatoms. The fraction of sp³-hybridized carbons (Fsp3) is 0.471. The number of hydrogen-bond donors (Lipinski definition) is 5. The van der Waals surface area contributed by atoms with Crippen LogP contribution in [0.4, 0.5) is 0 Å². The minimum absolute atomic E-state index is 0.229. The lowest BCUT2D eigenvalue weighted by atomic mass is 9.95. The summed E-state index contributed by atoms with van der Waals surface area (Å²) >= 11 is 1.58. The first-order valence-corrected chi connectivity index (χ1v) is 9.84. The number of rotatable bonds is 8. The van der Waals surface area contributed by atoms with Gasteiger partial charge in [0.2, 0.25) is 5.91 Å². The predicted molar refractivity (Wildman–Crippen MR) is 101 cm³/mol. The van der Waals surface area contributed by atoms with Gasteiger partial charge in [0, 0.05) is 12.1 Å². The lowest BCUT2D eigenvalue weighted by Crippen LogP contribution is -2.50. The van der Waals surface area contributed by atoms with Gasteiger partial charge in [-0.3, -0.25) is 19.8 Å². The van der Waals surface area contributed by atoms with E-state index in [1.165, 1.54) is 0 Å². The van der Waals surface area contributed by atoms with Crippen LogP contribution in [0.1, 0.15) is 27.9 Å². The highest BCUT2D eigenvalue weighted by atomic mass is 32.2. The minimum Gasteiger partial charge on any atom is -0.345 e. The maximum absolute atomic E-state index is 12.8. The molecule has 0 fully saturated rings. The lowest BCUT2D eigenvalue weighted by Gasteiger charge is -2.22. The summed E-state index contributed by atoms with van der Waals surface area (Å²) < 4.78 is 0. The molecule has 1 aromatic carbocycles. The fourth-order valence-corrected chi connectivity index (χ4v) is 3.30. The third kappa shape index (κ3) is 5.45. The van der Waals surface area contributed by atoms with E-state index in [-0.39, 0.29) is 12.5 Å². The number of nitrogens with one attached hydrogen (secondary N) is 4. The van der Waals surface area contributed by atoms with Crippen molar-refractivity contribution >= 4 is 29.5 Å². The first-order chi connectivity index (χ1) is 12.6. The second-order valence-electron chi connectivity index (χ2n) is 5.96. The van der Waals surface area contributed by atoms with Crippen molar-refractivity contribution in [3.05, 3.63) is 34.9 Å². The molecule has 0 saturated heterocycles.